The summed E-state index contributed by atoms with van der Waals surface area (Å²) in [6, 6.07) is 6.04. The number of rotatable bonds is 1. The Morgan fingerprint density at radius 1 is 1.42 bits per heavy atom. The largest absolute Gasteiger partial charge is 0.337 e. The van der Waals surface area contributed by atoms with E-state index in [1.54, 1.807) is 0 Å². The minimum absolute atomic E-state index is 0.121. The Bertz CT molecular complexity index is 489. The molecule has 0 aromatic heterocycles. The summed E-state index contributed by atoms with van der Waals surface area (Å²) in [5.41, 5.74) is 1.63. The Kier molecular flexibility index (Phi) is 3.50. The summed E-state index contributed by atoms with van der Waals surface area (Å²) < 4.78 is 0. The van der Waals surface area contributed by atoms with E-state index in [0.29, 0.717) is 17.0 Å². The Hall–Kier alpha value is -1.06. The minimum Gasteiger partial charge on any atom is -0.337 e. The van der Waals surface area contributed by atoms with Crippen LogP contribution in [-0.4, -0.2) is 36.5 Å². The van der Waals surface area contributed by atoms with Crippen molar-refractivity contribution in [3.05, 3.63) is 34.3 Å². The second kappa shape index (κ2) is 5.14. The Labute approximate surface area is 118 Å². The van der Waals surface area contributed by atoms with Crippen molar-refractivity contribution in [3.63, 3.8) is 0 Å². The number of amides is 1. The molecule has 19 heavy (non-hydrogen) atoms. The molecule has 2 aliphatic heterocycles. The van der Waals surface area contributed by atoms with E-state index in [9.17, 15) is 4.79 Å². The molecule has 0 spiro atoms. The van der Waals surface area contributed by atoms with Crippen molar-refractivity contribution < 1.29 is 4.79 Å². The summed E-state index contributed by atoms with van der Waals surface area (Å²) >= 11 is 6.10. The molecule has 3 nitrogen and oxygen atoms in total. The summed E-state index contributed by atoms with van der Waals surface area (Å²) in [6.07, 6.45) is 2.45. The van der Waals surface area contributed by atoms with E-state index >= 15 is 0 Å². The van der Waals surface area contributed by atoms with Crippen molar-refractivity contribution in [2.75, 3.05) is 19.6 Å². The molecule has 2 fully saturated rings. The third-order valence-corrected chi connectivity index (χ3v) is 4.79. The maximum absolute atomic E-state index is 12.6. The highest BCUT2D eigenvalue weighted by Crippen LogP contribution is 2.27. The van der Waals surface area contributed by atoms with Crippen molar-refractivity contribution >= 4 is 17.5 Å². The number of carbonyl (C=O) groups excluding carboxylic acids is 1. The summed E-state index contributed by atoms with van der Waals surface area (Å²) in [6.45, 7) is 4.70. The van der Waals surface area contributed by atoms with Crippen LogP contribution in [0.1, 0.15) is 28.8 Å². The van der Waals surface area contributed by atoms with E-state index in [0.717, 1.165) is 30.8 Å². The van der Waals surface area contributed by atoms with Crippen LogP contribution in [0.3, 0.4) is 0 Å². The first kappa shape index (κ1) is 12.9. The van der Waals surface area contributed by atoms with Gasteiger partial charge in [0.25, 0.3) is 5.91 Å². The average molecular weight is 279 g/mol. The SMILES string of the molecule is Cc1c(Cl)cccc1C(=O)N1C[C@@H]2CCCN[C@@H]2C1. The molecule has 102 valence electrons. The van der Waals surface area contributed by atoms with Gasteiger partial charge in [0, 0.05) is 29.7 Å². The van der Waals surface area contributed by atoms with E-state index in [-0.39, 0.29) is 5.91 Å². The fourth-order valence-electron chi connectivity index (χ4n) is 3.22. The molecule has 1 N–H and O–H groups in total. The second-order valence-corrected chi connectivity index (χ2v) is 5.99. The van der Waals surface area contributed by atoms with Gasteiger partial charge >= 0.3 is 0 Å². The number of hydrogen-bond donors (Lipinski definition) is 1. The number of hydrogen-bond acceptors (Lipinski definition) is 2. The van der Waals surface area contributed by atoms with Gasteiger partial charge in [-0.25, -0.2) is 0 Å². The van der Waals surface area contributed by atoms with Crippen LogP contribution in [-0.2, 0) is 0 Å². The molecule has 1 amide bonds. The van der Waals surface area contributed by atoms with Gasteiger partial charge in [-0.05, 0) is 49.9 Å². The number of fused-ring (bicyclic) bond motifs is 1. The first-order chi connectivity index (χ1) is 9.16. The third-order valence-electron chi connectivity index (χ3n) is 4.38. The Morgan fingerprint density at radius 3 is 3.05 bits per heavy atom. The van der Waals surface area contributed by atoms with E-state index in [4.69, 9.17) is 11.6 Å². The maximum Gasteiger partial charge on any atom is 0.254 e. The minimum atomic E-state index is 0.121. The number of halogens is 1. The van der Waals surface area contributed by atoms with Crippen LogP contribution < -0.4 is 5.32 Å². The molecule has 1 aromatic rings. The van der Waals surface area contributed by atoms with Crippen molar-refractivity contribution in [3.8, 4) is 0 Å². The lowest BCUT2D eigenvalue weighted by Crippen LogP contribution is -2.41. The van der Waals surface area contributed by atoms with Crippen LogP contribution in [0.25, 0.3) is 0 Å². The predicted molar refractivity (Wildman–Crippen MR) is 76.6 cm³/mol. The van der Waals surface area contributed by atoms with Gasteiger partial charge in [0.15, 0.2) is 0 Å². The second-order valence-electron chi connectivity index (χ2n) is 5.59. The van der Waals surface area contributed by atoms with Gasteiger partial charge in [-0.15, -0.1) is 0 Å². The van der Waals surface area contributed by atoms with Crippen LogP contribution in [0, 0.1) is 12.8 Å². The Morgan fingerprint density at radius 2 is 2.26 bits per heavy atom. The summed E-state index contributed by atoms with van der Waals surface area (Å²) in [4.78, 5) is 14.6. The van der Waals surface area contributed by atoms with Gasteiger partial charge in [-0.2, -0.15) is 0 Å². The molecule has 0 aliphatic carbocycles. The van der Waals surface area contributed by atoms with Crippen molar-refractivity contribution in [2.45, 2.75) is 25.8 Å². The molecule has 0 bridgehead atoms. The lowest BCUT2D eigenvalue weighted by atomic mass is 9.94. The normalized spacial score (nSPS) is 26.3. The number of carbonyl (C=O) groups is 1. The fourth-order valence-corrected chi connectivity index (χ4v) is 3.40. The molecule has 3 rings (SSSR count). The smallest absolute Gasteiger partial charge is 0.254 e. The van der Waals surface area contributed by atoms with E-state index < -0.39 is 0 Å². The molecule has 0 unspecified atom stereocenters. The molecule has 2 saturated heterocycles. The van der Waals surface area contributed by atoms with E-state index in [2.05, 4.69) is 5.32 Å². The van der Waals surface area contributed by atoms with Crippen LogP contribution in [0.4, 0.5) is 0 Å². The van der Waals surface area contributed by atoms with Crippen molar-refractivity contribution in [1.29, 1.82) is 0 Å². The molecular formula is C15H19ClN2O. The molecule has 2 aliphatic rings. The van der Waals surface area contributed by atoms with Gasteiger partial charge in [-0.1, -0.05) is 17.7 Å². The van der Waals surface area contributed by atoms with Crippen LogP contribution in [0.5, 0.6) is 0 Å². The zero-order valence-corrected chi connectivity index (χ0v) is 11.9. The van der Waals surface area contributed by atoms with Gasteiger partial charge in [0.05, 0.1) is 0 Å². The average Bonchev–Trinajstić information content (AvgIpc) is 2.85. The first-order valence-corrected chi connectivity index (χ1v) is 7.32. The summed E-state index contributed by atoms with van der Waals surface area (Å²) in [5, 5.41) is 4.19. The molecule has 2 atom stereocenters. The van der Waals surface area contributed by atoms with E-state index in [1.165, 1.54) is 12.8 Å². The lowest BCUT2D eigenvalue weighted by Gasteiger charge is -2.24. The van der Waals surface area contributed by atoms with Crippen LogP contribution in [0.2, 0.25) is 5.02 Å². The van der Waals surface area contributed by atoms with Crippen molar-refractivity contribution in [2.24, 2.45) is 5.92 Å². The van der Waals surface area contributed by atoms with Gasteiger partial charge in [0.2, 0.25) is 0 Å². The van der Waals surface area contributed by atoms with Crippen molar-refractivity contribution in [1.82, 2.24) is 10.2 Å². The number of likely N-dealkylation sites (tertiary alicyclic amines) is 1. The summed E-state index contributed by atoms with van der Waals surface area (Å²) in [5.74, 6) is 0.744. The number of nitrogens with zero attached hydrogens (tertiary/aromatic N) is 1. The topological polar surface area (TPSA) is 32.3 Å². The number of nitrogens with one attached hydrogen (secondary N) is 1. The molecule has 1 aromatic carbocycles. The highest BCUT2D eigenvalue weighted by atomic mass is 35.5. The number of piperidine rings is 1. The maximum atomic E-state index is 12.6. The summed E-state index contributed by atoms with van der Waals surface area (Å²) in [7, 11) is 0. The van der Waals surface area contributed by atoms with Crippen LogP contribution in [0.15, 0.2) is 18.2 Å². The molecular weight excluding hydrogens is 260 g/mol. The zero-order valence-electron chi connectivity index (χ0n) is 11.2. The molecule has 2 heterocycles. The fraction of sp³-hybridized carbons (Fsp3) is 0.533. The van der Waals surface area contributed by atoms with E-state index in [1.807, 2.05) is 30.0 Å². The van der Waals surface area contributed by atoms with Gasteiger partial charge in [-0.3, -0.25) is 4.79 Å². The van der Waals surface area contributed by atoms with Gasteiger partial charge in [0.1, 0.15) is 0 Å². The van der Waals surface area contributed by atoms with Gasteiger partial charge < -0.3 is 10.2 Å². The molecule has 4 heteroatoms. The first-order valence-electron chi connectivity index (χ1n) is 6.94. The third kappa shape index (κ3) is 2.37. The monoisotopic (exact) mass is 278 g/mol. The molecule has 0 saturated carbocycles. The highest BCUT2D eigenvalue weighted by Gasteiger charge is 2.36. The molecule has 0 radical (unpaired) electrons. The Balaban J connectivity index is 1.79. The highest BCUT2D eigenvalue weighted by molar-refractivity contribution is 6.31. The standard InChI is InChI=1S/C15H19ClN2O/c1-10-12(5-2-6-13(10)16)15(19)18-8-11-4-3-7-17-14(11)9-18/h2,5-6,11,14,17H,3-4,7-9H2,1H3/t11-,14+/m0/s1. The number of benzene rings is 1. The zero-order chi connectivity index (χ0) is 13.4. The quantitative estimate of drug-likeness (QED) is 0.856. The van der Waals surface area contributed by atoms with Crippen LogP contribution >= 0.6 is 11.6 Å². The lowest BCUT2D eigenvalue weighted by molar-refractivity contribution is 0.0785. The predicted octanol–water partition coefficient (Wildman–Crippen LogP) is 2.47.